The maximum Gasteiger partial charge on any atom is 0.133 e. The third kappa shape index (κ3) is 0.647. The van der Waals surface area contributed by atoms with Gasteiger partial charge in [-0.3, -0.25) is 0 Å². The van der Waals surface area contributed by atoms with E-state index in [9.17, 15) is 4.39 Å². The molecule has 0 saturated heterocycles. The summed E-state index contributed by atoms with van der Waals surface area (Å²) in [5, 5.41) is 7.30. The van der Waals surface area contributed by atoms with E-state index in [0.717, 1.165) is 18.7 Å². The molecule has 0 spiro atoms. The summed E-state index contributed by atoms with van der Waals surface area (Å²) in [6.07, 6.45) is 1.59. The van der Waals surface area contributed by atoms with E-state index in [2.05, 4.69) is 10.2 Å². The Morgan fingerprint density at radius 2 is 2.90 bits per heavy atom. The van der Waals surface area contributed by atoms with Crippen molar-refractivity contribution in [2.75, 3.05) is 6.67 Å². The second-order valence-corrected chi connectivity index (χ2v) is 2.43. The van der Waals surface area contributed by atoms with Gasteiger partial charge in [-0.15, -0.1) is 10.2 Å². The van der Waals surface area contributed by atoms with Crippen LogP contribution in [0.25, 0.3) is 0 Å². The van der Waals surface area contributed by atoms with Gasteiger partial charge >= 0.3 is 0 Å². The van der Waals surface area contributed by atoms with E-state index < -0.39 is 6.67 Å². The first-order chi connectivity index (χ1) is 5.33. The Hall–Kier alpha value is -0.930. The first kappa shape index (κ1) is 4.82. The van der Waals surface area contributed by atoms with Crippen molar-refractivity contribution in [1.29, 1.82) is 0 Å². The minimum absolute atomic E-state index is 0.0835. The minimum atomic E-state index is -0.420. The number of halogens is 1. The molecular weight excluding hydrogens is 133 g/mol. The molecule has 2 rings (SSSR count). The molecule has 1 aromatic rings. The molecule has 0 radical (unpaired) electrons. The summed E-state index contributed by atoms with van der Waals surface area (Å²) in [6.45, 7) is -0.420. The summed E-state index contributed by atoms with van der Waals surface area (Å²) in [7, 11) is 0. The molecule has 0 fully saturated rings. The van der Waals surface area contributed by atoms with Crippen molar-refractivity contribution in [3.8, 4) is 0 Å². The average molecular weight is 142 g/mol. The van der Waals surface area contributed by atoms with E-state index in [4.69, 9.17) is 1.37 Å². The Bertz CT molecular complexity index is 273. The van der Waals surface area contributed by atoms with Crippen molar-refractivity contribution in [3.63, 3.8) is 0 Å². The highest BCUT2D eigenvalue weighted by Crippen LogP contribution is 2.23. The molecule has 0 N–H and O–H groups in total. The second kappa shape index (κ2) is 2.04. The van der Waals surface area contributed by atoms with Gasteiger partial charge in [0.15, 0.2) is 0 Å². The topological polar surface area (TPSA) is 30.7 Å². The van der Waals surface area contributed by atoms with E-state index in [0.29, 0.717) is 0 Å². The Labute approximate surface area is 59.3 Å². The lowest BCUT2D eigenvalue weighted by Crippen LogP contribution is -2.03. The molecule has 10 heavy (non-hydrogen) atoms. The smallest absolute Gasteiger partial charge is 0.133 e. The zero-order chi connectivity index (χ0) is 7.84. The van der Waals surface area contributed by atoms with Crippen molar-refractivity contribution in [1.82, 2.24) is 14.8 Å². The van der Waals surface area contributed by atoms with Crippen molar-refractivity contribution in [2.45, 2.75) is 18.9 Å². The van der Waals surface area contributed by atoms with Gasteiger partial charge in [0.1, 0.15) is 20.2 Å². The minimum Gasteiger partial charge on any atom is -0.312 e. The second-order valence-electron chi connectivity index (χ2n) is 2.43. The van der Waals surface area contributed by atoms with Crippen molar-refractivity contribution in [3.05, 3.63) is 12.1 Å². The molecule has 2 heterocycles. The molecule has 0 aromatic carbocycles. The van der Waals surface area contributed by atoms with E-state index in [1.807, 2.05) is 0 Å². The van der Waals surface area contributed by atoms with Gasteiger partial charge in [-0.2, -0.15) is 0 Å². The normalized spacial score (nSPS) is 24.5. The van der Waals surface area contributed by atoms with Gasteiger partial charge in [-0.1, -0.05) is 0 Å². The Kier molecular flexibility index (Phi) is 0.982. The number of nitrogens with zero attached hydrogens (tertiary/aromatic N) is 3. The number of alkyl halides is 1. The van der Waals surface area contributed by atoms with Crippen molar-refractivity contribution in [2.24, 2.45) is 0 Å². The summed E-state index contributed by atoms with van der Waals surface area (Å²) in [5.74, 6) is 0.748. The molecule has 3 nitrogen and oxygen atoms in total. The first-order valence-electron chi connectivity index (χ1n) is 3.79. The van der Waals surface area contributed by atoms with Crippen LogP contribution in [0.4, 0.5) is 4.39 Å². The third-order valence-electron chi connectivity index (χ3n) is 1.84. The lowest BCUT2D eigenvalue weighted by Gasteiger charge is -2.04. The van der Waals surface area contributed by atoms with Gasteiger partial charge in [-0.25, -0.2) is 4.39 Å². The molecule has 4 heteroatoms. The number of aromatic nitrogens is 3. The highest BCUT2D eigenvalue weighted by Gasteiger charge is 2.22. The lowest BCUT2D eigenvalue weighted by molar-refractivity contribution is 0.366. The Morgan fingerprint density at radius 1 is 2.00 bits per heavy atom. The number of hydrogen-bond donors (Lipinski definition) is 0. The highest BCUT2D eigenvalue weighted by atomic mass is 19.1. The monoisotopic (exact) mass is 142 g/mol. The number of aryl methyl sites for hydroxylation is 1. The van der Waals surface area contributed by atoms with Crippen LogP contribution in [0.3, 0.4) is 0 Å². The van der Waals surface area contributed by atoms with Crippen molar-refractivity contribution < 1.29 is 5.76 Å². The van der Waals surface area contributed by atoms with Crippen LogP contribution >= 0.6 is 0 Å². The fourth-order valence-electron chi connectivity index (χ4n) is 1.27. The summed E-state index contributed by atoms with van der Waals surface area (Å²) in [4.78, 5) is 0. The molecule has 0 saturated carbocycles. The molecule has 0 aliphatic carbocycles. The van der Waals surface area contributed by atoms with Gasteiger partial charge in [0.2, 0.25) is 0 Å². The van der Waals surface area contributed by atoms with Crippen LogP contribution in [0.2, 0.25) is 0 Å². The van der Waals surface area contributed by atoms with Gasteiger partial charge < -0.3 is 4.57 Å². The largest absolute Gasteiger partial charge is 0.312 e. The maximum atomic E-state index is 12.3. The predicted octanol–water partition coefficient (Wildman–Crippen LogP) is 0.735. The Balaban J connectivity index is 2.42. The molecule has 1 aromatic heterocycles. The van der Waals surface area contributed by atoms with E-state index >= 15 is 0 Å². The molecule has 1 unspecified atom stereocenters. The van der Waals surface area contributed by atoms with Crippen LogP contribution < -0.4 is 0 Å². The van der Waals surface area contributed by atoms with E-state index in [1.54, 1.807) is 4.57 Å². The van der Waals surface area contributed by atoms with Crippen LogP contribution in [0.5, 0.6) is 0 Å². The number of hydrogen-bond acceptors (Lipinski definition) is 2. The van der Waals surface area contributed by atoms with Crippen LogP contribution in [0.15, 0.2) is 6.30 Å². The highest BCUT2D eigenvalue weighted by molar-refractivity contribution is 4.96. The number of fused-ring (bicyclic) bond motifs is 1. The van der Waals surface area contributed by atoms with Crippen LogP contribution in [-0.2, 0) is 6.42 Å². The molecule has 54 valence electrons. The zero-order valence-electron chi connectivity index (χ0n) is 6.42. The fraction of sp³-hybridized carbons (Fsp3) is 0.667. The molecule has 0 bridgehead atoms. The first-order valence-corrected chi connectivity index (χ1v) is 3.29. The molecule has 0 amide bonds. The summed E-state index contributed by atoms with van der Waals surface area (Å²) in [5.41, 5.74) is 0. The third-order valence-corrected chi connectivity index (χ3v) is 1.84. The SMILES string of the molecule is [2H]c1nnc2n1C(CF)CC2. The van der Waals surface area contributed by atoms with Gasteiger partial charge in [0.25, 0.3) is 0 Å². The van der Waals surface area contributed by atoms with Crippen molar-refractivity contribution >= 4 is 0 Å². The van der Waals surface area contributed by atoms with Crippen LogP contribution in [0, 0.1) is 0 Å². The summed E-state index contributed by atoms with van der Waals surface area (Å²) < 4.78 is 21.1. The lowest BCUT2D eigenvalue weighted by atomic mass is 10.2. The van der Waals surface area contributed by atoms with E-state index in [-0.39, 0.29) is 12.3 Å². The zero-order valence-corrected chi connectivity index (χ0v) is 5.42. The fourth-order valence-corrected chi connectivity index (χ4v) is 1.27. The van der Waals surface area contributed by atoms with Gasteiger partial charge in [0.05, 0.1) is 6.04 Å². The van der Waals surface area contributed by atoms with Gasteiger partial charge in [-0.05, 0) is 6.42 Å². The maximum absolute atomic E-state index is 12.3. The van der Waals surface area contributed by atoms with Gasteiger partial charge in [0, 0.05) is 6.42 Å². The predicted molar refractivity (Wildman–Crippen MR) is 33.4 cm³/mol. The Morgan fingerprint density at radius 3 is 3.70 bits per heavy atom. The molecule has 1 aliphatic heterocycles. The standard InChI is InChI=1S/C6H8FN3/c7-3-5-1-2-6-9-8-4-10(5)6/h4-5H,1-3H2/i4D. The molecule has 1 aliphatic rings. The summed E-state index contributed by atoms with van der Waals surface area (Å²) in [6, 6.07) is -0.188. The average Bonchev–Trinajstić information content (AvgIpc) is 2.54. The molecule has 1 atom stereocenters. The van der Waals surface area contributed by atoms with Crippen LogP contribution in [0.1, 0.15) is 19.7 Å². The quantitative estimate of drug-likeness (QED) is 0.578. The summed E-state index contributed by atoms with van der Waals surface area (Å²) >= 11 is 0. The van der Waals surface area contributed by atoms with E-state index in [1.165, 1.54) is 0 Å². The van der Waals surface area contributed by atoms with Crippen LogP contribution in [-0.4, -0.2) is 21.4 Å². The molecular formula is C6H8FN3. The number of rotatable bonds is 1.